The summed E-state index contributed by atoms with van der Waals surface area (Å²) in [5.41, 5.74) is 4.87. The zero-order chi connectivity index (χ0) is 13.9. The molecule has 0 saturated carbocycles. The van der Waals surface area contributed by atoms with Crippen molar-refractivity contribution in [2.75, 3.05) is 0 Å². The third kappa shape index (κ3) is 2.11. The summed E-state index contributed by atoms with van der Waals surface area (Å²) in [6.45, 7) is 4.21. The van der Waals surface area contributed by atoms with Crippen LogP contribution in [0.15, 0.2) is 65.6 Å². The van der Waals surface area contributed by atoms with Crippen molar-refractivity contribution < 1.29 is 4.74 Å². The monoisotopic (exact) mass is 265 g/mol. The molecule has 1 aliphatic carbocycles. The molecule has 1 aromatic heterocycles. The van der Waals surface area contributed by atoms with E-state index in [2.05, 4.69) is 36.2 Å². The predicted molar refractivity (Wildman–Crippen MR) is 81.9 cm³/mol. The van der Waals surface area contributed by atoms with Crippen LogP contribution in [0.5, 0.6) is 0 Å². The molecule has 20 heavy (non-hydrogen) atoms. The van der Waals surface area contributed by atoms with Crippen molar-refractivity contribution in [2.45, 2.75) is 32.8 Å². The van der Waals surface area contributed by atoms with Crippen LogP contribution in [0, 0.1) is 0 Å². The Bertz CT molecular complexity index is 620. The Morgan fingerprint density at radius 3 is 3.00 bits per heavy atom. The molecule has 2 nitrogen and oxygen atoms in total. The Hall–Kier alpha value is -2.09. The van der Waals surface area contributed by atoms with E-state index in [4.69, 9.17) is 4.74 Å². The molecule has 102 valence electrons. The molecule has 0 saturated heterocycles. The van der Waals surface area contributed by atoms with Crippen LogP contribution in [-0.4, -0.2) is 11.1 Å². The molecular formula is C18H19NO. The molecule has 1 aliphatic heterocycles. The lowest BCUT2D eigenvalue weighted by Crippen LogP contribution is -2.13. The molecule has 0 bridgehead atoms. The van der Waals surface area contributed by atoms with Gasteiger partial charge in [0.2, 0.25) is 0 Å². The van der Waals surface area contributed by atoms with Crippen molar-refractivity contribution in [1.29, 1.82) is 0 Å². The SMILES string of the molecule is C/C=C\C1=C(CC)C2=C(c3ccccn3)C=CCC2O1. The van der Waals surface area contributed by atoms with Crippen LogP contribution < -0.4 is 0 Å². The highest BCUT2D eigenvalue weighted by Gasteiger charge is 2.32. The van der Waals surface area contributed by atoms with Gasteiger partial charge >= 0.3 is 0 Å². The van der Waals surface area contributed by atoms with Gasteiger partial charge in [-0.2, -0.15) is 0 Å². The lowest BCUT2D eigenvalue weighted by atomic mass is 9.87. The predicted octanol–water partition coefficient (Wildman–Crippen LogP) is 4.43. The first-order chi connectivity index (χ1) is 9.85. The van der Waals surface area contributed by atoms with Gasteiger partial charge in [-0.1, -0.05) is 31.2 Å². The highest BCUT2D eigenvalue weighted by molar-refractivity contribution is 5.81. The summed E-state index contributed by atoms with van der Waals surface area (Å²) in [5.74, 6) is 1.02. The number of pyridine rings is 1. The van der Waals surface area contributed by atoms with Crippen LogP contribution in [0.2, 0.25) is 0 Å². The van der Waals surface area contributed by atoms with Gasteiger partial charge < -0.3 is 4.74 Å². The maximum Gasteiger partial charge on any atom is 0.128 e. The van der Waals surface area contributed by atoms with Crippen molar-refractivity contribution in [2.24, 2.45) is 0 Å². The fourth-order valence-corrected chi connectivity index (χ4v) is 2.91. The molecule has 3 rings (SSSR count). The van der Waals surface area contributed by atoms with E-state index in [1.165, 1.54) is 16.7 Å². The standard InChI is InChI=1S/C18H19NO/c1-3-8-16-13(4-2)18-14(9-7-11-17(18)20-16)15-10-5-6-12-19-15/h3,5-10,12,17H,4,11H2,1-2H3/b8-3-. The second-order valence-corrected chi connectivity index (χ2v) is 4.98. The van der Waals surface area contributed by atoms with Gasteiger partial charge in [0.05, 0.1) is 5.69 Å². The van der Waals surface area contributed by atoms with Gasteiger partial charge in [0.25, 0.3) is 0 Å². The largest absolute Gasteiger partial charge is 0.485 e. The summed E-state index contributed by atoms with van der Waals surface area (Å²) in [6, 6.07) is 6.05. The minimum Gasteiger partial charge on any atom is -0.485 e. The highest BCUT2D eigenvalue weighted by atomic mass is 16.5. The highest BCUT2D eigenvalue weighted by Crippen LogP contribution is 2.42. The lowest BCUT2D eigenvalue weighted by molar-refractivity contribution is 0.178. The topological polar surface area (TPSA) is 22.1 Å². The van der Waals surface area contributed by atoms with E-state index < -0.39 is 0 Å². The summed E-state index contributed by atoms with van der Waals surface area (Å²) < 4.78 is 6.12. The van der Waals surface area contributed by atoms with E-state index in [9.17, 15) is 0 Å². The average molecular weight is 265 g/mol. The average Bonchev–Trinajstić information content (AvgIpc) is 2.85. The first-order valence-corrected chi connectivity index (χ1v) is 7.20. The fourth-order valence-electron chi connectivity index (χ4n) is 2.91. The summed E-state index contributed by atoms with van der Waals surface area (Å²) in [4.78, 5) is 4.50. The van der Waals surface area contributed by atoms with Gasteiger partial charge in [0, 0.05) is 29.3 Å². The van der Waals surface area contributed by atoms with Gasteiger partial charge in [0.1, 0.15) is 11.9 Å². The maximum absolute atomic E-state index is 6.12. The van der Waals surface area contributed by atoms with Crippen LogP contribution in [0.1, 0.15) is 32.4 Å². The Kier molecular flexibility index (Phi) is 3.55. The van der Waals surface area contributed by atoms with E-state index in [1.54, 1.807) is 0 Å². The molecule has 0 aromatic carbocycles. The van der Waals surface area contributed by atoms with Crippen LogP contribution in [0.3, 0.4) is 0 Å². The molecule has 1 atom stereocenters. The van der Waals surface area contributed by atoms with Crippen LogP contribution in [-0.2, 0) is 4.74 Å². The Labute approximate surface area is 120 Å². The lowest BCUT2D eigenvalue weighted by Gasteiger charge is -2.19. The van der Waals surface area contributed by atoms with Crippen molar-refractivity contribution in [3.8, 4) is 0 Å². The van der Waals surface area contributed by atoms with Crippen LogP contribution in [0.4, 0.5) is 0 Å². The number of ether oxygens (including phenoxy) is 1. The Balaban J connectivity index is 2.16. The number of hydrogen-bond donors (Lipinski definition) is 0. The number of aromatic nitrogens is 1. The number of nitrogens with zero attached hydrogens (tertiary/aromatic N) is 1. The Morgan fingerprint density at radius 2 is 2.30 bits per heavy atom. The van der Waals surface area contributed by atoms with Crippen molar-refractivity contribution in [3.05, 3.63) is 71.3 Å². The second kappa shape index (κ2) is 5.49. The van der Waals surface area contributed by atoms with Gasteiger partial charge in [-0.05, 0) is 31.6 Å². The molecule has 0 N–H and O–H groups in total. The second-order valence-electron chi connectivity index (χ2n) is 4.98. The van der Waals surface area contributed by atoms with Crippen LogP contribution >= 0.6 is 0 Å². The van der Waals surface area contributed by atoms with E-state index in [0.29, 0.717) is 0 Å². The first kappa shape index (κ1) is 12.9. The quantitative estimate of drug-likeness (QED) is 0.806. The maximum atomic E-state index is 6.12. The number of rotatable bonds is 3. The summed E-state index contributed by atoms with van der Waals surface area (Å²) >= 11 is 0. The minimum absolute atomic E-state index is 0.151. The number of allylic oxidation sites excluding steroid dienone is 4. The van der Waals surface area contributed by atoms with Gasteiger partial charge in [-0.15, -0.1) is 0 Å². The molecule has 2 aliphatic rings. The molecule has 1 unspecified atom stereocenters. The van der Waals surface area contributed by atoms with Gasteiger partial charge in [-0.3, -0.25) is 4.98 Å². The third-order valence-corrected chi connectivity index (χ3v) is 3.75. The zero-order valence-corrected chi connectivity index (χ0v) is 12.0. The molecule has 2 heteroatoms. The normalized spacial score (nSPS) is 21.6. The number of hydrogen-bond acceptors (Lipinski definition) is 2. The molecule has 1 aromatic rings. The molecule has 2 heterocycles. The van der Waals surface area contributed by atoms with E-state index >= 15 is 0 Å². The van der Waals surface area contributed by atoms with Gasteiger partial charge in [0.15, 0.2) is 0 Å². The smallest absolute Gasteiger partial charge is 0.128 e. The third-order valence-electron chi connectivity index (χ3n) is 3.75. The summed E-state index contributed by atoms with van der Waals surface area (Å²) in [5, 5.41) is 0. The summed E-state index contributed by atoms with van der Waals surface area (Å²) in [6.07, 6.45) is 12.4. The van der Waals surface area contributed by atoms with Crippen molar-refractivity contribution >= 4 is 5.57 Å². The van der Waals surface area contributed by atoms with Crippen molar-refractivity contribution in [1.82, 2.24) is 4.98 Å². The van der Waals surface area contributed by atoms with Crippen LogP contribution in [0.25, 0.3) is 5.57 Å². The molecular weight excluding hydrogens is 246 g/mol. The molecule has 0 radical (unpaired) electrons. The molecule has 0 fully saturated rings. The first-order valence-electron chi connectivity index (χ1n) is 7.20. The summed E-state index contributed by atoms with van der Waals surface area (Å²) in [7, 11) is 0. The zero-order valence-electron chi connectivity index (χ0n) is 12.0. The van der Waals surface area contributed by atoms with Crippen molar-refractivity contribution in [3.63, 3.8) is 0 Å². The number of fused-ring (bicyclic) bond motifs is 1. The molecule has 0 amide bonds. The minimum atomic E-state index is 0.151. The van der Waals surface area contributed by atoms with E-state index in [-0.39, 0.29) is 6.10 Å². The fraction of sp³-hybridized carbons (Fsp3) is 0.278. The molecule has 0 spiro atoms. The van der Waals surface area contributed by atoms with E-state index in [0.717, 1.165) is 24.3 Å². The van der Waals surface area contributed by atoms with E-state index in [1.807, 2.05) is 31.3 Å². The van der Waals surface area contributed by atoms with Gasteiger partial charge in [-0.25, -0.2) is 0 Å². The Morgan fingerprint density at radius 1 is 1.40 bits per heavy atom.